The van der Waals surface area contributed by atoms with E-state index in [0.29, 0.717) is 19.7 Å². The van der Waals surface area contributed by atoms with Crippen molar-refractivity contribution in [2.45, 2.75) is 18.3 Å². The molecule has 0 bridgehead atoms. The molecule has 1 heterocycles. The summed E-state index contributed by atoms with van der Waals surface area (Å²) in [5, 5.41) is 0. The van der Waals surface area contributed by atoms with E-state index in [1.165, 1.54) is 5.56 Å². The second kappa shape index (κ2) is 7.25. The lowest BCUT2D eigenvalue weighted by Crippen LogP contribution is -2.46. The van der Waals surface area contributed by atoms with Gasteiger partial charge in [-0.25, -0.2) is 8.42 Å². The predicted molar refractivity (Wildman–Crippen MR) is 90.5 cm³/mol. The first kappa shape index (κ1) is 16.2. The van der Waals surface area contributed by atoms with Gasteiger partial charge in [-0.1, -0.05) is 60.7 Å². The summed E-state index contributed by atoms with van der Waals surface area (Å²) in [7, 11) is -3.31. The monoisotopic (exact) mass is 331 g/mol. The van der Waals surface area contributed by atoms with Crippen LogP contribution in [0.2, 0.25) is 0 Å². The van der Waals surface area contributed by atoms with E-state index in [0.717, 1.165) is 12.0 Å². The van der Waals surface area contributed by atoms with Gasteiger partial charge < -0.3 is 4.74 Å². The van der Waals surface area contributed by atoms with Crippen LogP contribution in [0, 0.1) is 0 Å². The molecule has 1 aliphatic rings. The molecule has 1 aliphatic heterocycles. The van der Waals surface area contributed by atoms with E-state index < -0.39 is 10.0 Å². The molecule has 0 aliphatic carbocycles. The van der Waals surface area contributed by atoms with Gasteiger partial charge in [0.25, 0.3) is 0 Å². The topological polar surface area (TPSA) is 46.6 Å². The standard InChI is InChI=1S/C18H21NO3S/c20-23(21,15-17-9-5-2-6-10-17)19-11-12-22-18(14-19)13-16-7-3-1-4-8-16/h1-10,18H,11-15H2. The Hall–Kier alpha value is -1.69. The van der Waals surface area contributed by atoms with E-state index in [-0.39, 0.29) is 11.9 Å². The summed E-state index contributed by atoms with van der Waals surface area (Å²) >= 11 is 0. The van der Waals surface area contributed by atoms with Crippen molar-refractivity contribution in [2.24, 2.45) is 0 Å². The van der Waals surface area contributed by atoms with Crippen molar-refractivity contribution in [1.29, 1.82) is 0 Å². The Labute approximate surface area is 137 Å². The molecule has 0 spiro atoms. The third kappa shape index (κ3) is 4.41. The van der Waals surface area contributed by atoms with Gasteiger partial charge in [-0.05, 0) is 17.5 Å². The van der Waals surface area contributed by atoms with Crippen molar-refractivity contribution in [3.05, 3.63) is 71.8 Å². The quantitative estimate of drug-likeness (QED) is 0.845. The van der Waals surface area contributed by atoms with E-state index in [1.54, 1.807) is 4.31 Å². The molecule has 0 radical (unpaired) electrons. The summed E-state index contributed by atoms with van der Waals surface area (Å²) in [6, 6.07) is 19.3. The van der Waals surface area contributed by atoms with Crippen molar-refractivity contribution in [2.75, 3.05) is 19.7 Å². The van der Waals surface area contributed by atoms with Crippen molar-refractivity contribution < 1.29 is 13.2 Å². The predicted octanol–water partition coefficient (Wildman–Crippen LogP) is 2.46. The van der Waals surface area contributed by atoms with Crippen LogP contribution < -0.4 is 0 Å². The normalized spacial score (nSPS) is 19.6. The second-order valence-corrected chi connectivity index (χ2v) is 7.75. The first-order valence-corrected chi connectivity index (χ1v) is 9.42. The fraction of sp³-hybridized carbons (Fsp3) is 0.333. The van der Waals surface area contributed by atoms with Gasteiger partial charge >= 0.3 is 0 Å². The van der Waals surface area contributed by atoms with E-state index in [2.05, 4.69) is 0 Å². The number of sulfonamides is 1. The van der Waals surface area contributed by atoms with Crippen LogP contribution >= 0.6 is 0 Å². The molecule has 4 nitrogen and oxygen atoms in total. The molecule has 0 saturated carbocycles. The van der Waals surface area contributed by atoms with E-state index >= 15 is 0 Å². The van der Waals surface area contributed by atoms with Crippen LogP contribution in [0.25, 0.3) is 0 Å². The van der Waals surface area contributed by atoms with Crippen LogP contribution in [0.5, 0.6) is 0 Å². The molecule has 1 atom stereocenters. The third-order valence-corrected chi connectivity index (χ3v) is 5.81. The minimum Gasteiger partial charge on any atom is -0.375 e. The van der Waals surface area contributed by atoms with Gasteiger partial charge in [0.05, 0.1) is 18.5 Å². The Morgan fingerprint density at radius 2 is 1.57 bits per heavy atom. The lowest BCUT2D eigenvalue weighted by molar-refractivity contribution is -0.000542. The van der Waals surface area contributed by atoms with E-state index in [1.807, 2.05) is 60.7 Å². The molecule has 3 rings (SSSR count). The maximum absolute atomic E-state index is 12.6. The minimum atomic E-state index is -3.31. The fourth-order valence-corrected chi connectivity index (χ4v) is 4.36. The molecule has 122 valence electrons. The molecule has 0 N–H and O–H groups in total. The number of morpholine rings is 1. The zero-order valence-electron chi connectivity index (χ0n) is 13.0. The lowest BCUT2D eigenvalue weighted by atomic mass is 10.1. The summed E-state index contributed by atoms with van der Waals surface area (Å²) < 4.78 is 32.6. The summed E-state index contributed by atoms with van der Waals surface area (Å²) in [6.07, 6.45) is 0.648. The largest absolute Gasteiger partial charge is 0.375 e. The molecule has 23 heavy (non-hydrogen) atoms. The molecule has 2 aromatic rings. The van der Waals surface area contributed by atoms with Crippen molar-refractivity contribution in [1.82, 2.24) is 4.31 Å². The van der Waals surface area contributed by atoms with Gasteiger partial charge in [0.1, 0.15) is 0 Å². The zero-order chi connectivity index (χ0) is 16.1. The van der Waals surface area contributed by atoms with Crippen LogP contribution in [0.1, 0.15) is 11.1 Å². The molecule has 0 amide bonds. The highest BCUT2D eigenvalue weighted by atomic mass is 32.2. The highest BCUT2D eigenvalue weighted by Gasteiger charge is 2.29. The summed E-state index contributed by atoms with van der Waals surface area (Å²) in [4.78, 5) is 0. The molecule has 1 unspecified atom stereocenters. The molecule has 0 aromatic heterocycles. The number of rotatable bonds is 5. The maximum atomic E-state index is 12.6. The average molecular weight is 331 g/mol. The third-order valence-electron chi connectivity index (χ3n) is 3.99. The summed E-state index contributed by atoms with van der Waals surface area (Å²) in [5.74, 6) is 0.0475. The van der Waals surface area contributed by atoms with Crippen LogP contribution in [-0.2, 0) is 26.9 Å². The maximum Gasteiger partial charge on any atom is 0.218 e. The van der Waals surface area contributed by atoms with Gasteiger partial charge in [0, 0.05) is 13.1 Å². The van der Waals surface area contributed by atoms with Gasteiger partial charge in [-0.3, -0.25) is 0 Å². The first-order valence-electron chi connectivity index (χ1n) is 7.81. The Morgan fingerprint density at radius 1 is 0.957 bits per heavy atom. The smallest absolute Gasteiger partial charge is 0.218 e. The Balaban J connectivity index is 1.65. The second-order valence-electron chi connectivity index (χ2n) is 5.78. The number of benzene rings is 2. The van der Waals surface area contributed by atoms with Crippen molar-refractivity contribution >= 4 is 10.0 Å². The van der Waals surface area contributed by atoms with Crippen LogP contribution in [-0.4, -0.2) is 38.5 Å². The zero-order valence-corrected chi connectivity index (χ0v) is 13.8. The van der Waals surface area contributed by atoms with Crippen LogP contribution in [0.15, 0.2) is 60.7 Å². The Morgan fingerprint density at radius 3 is 2.22 bits per heavy atom. The summed E-state index contributed by atoms with van der Waals surface area (Å²) in [5.41, 5.74) is 1.98. The van der Waals surface area contributed by atoms with Gasteiger partial charge in [-0.15, -0.1) is 0 Å². The molecule has 1 saturated heterocycles. The molecular formula is C18H21NO3S. The fourth-order valence-electron chi connectivity index (χ4n) is 2.82. The van der Waals surface area contributed by atoms with Crippen LogP contribution in [0.4, 0.5) is 0 Å². The number of hydrogen-bond acceptors (Lipinski definition) is 3. The van der Waals surface area contributed by atoms with Crippen molar-refractivity contribution in [3.8, 4) is 0 Å². The van der Waals surface area contributed by atoms with Gasteiger partial charge in [0.2, 0.25) is 10.0 Å². The highest BCUT2D eigenvalue weighted by molar-refractivity contribution is 7.88. The molecule has 5 heteroatoms. The minimum absolute atomic E-state index is 0.0475. The molecular weight excluding hydrogens is 310 g/mol. The first-order chi connectivity index (χ1) is 11.1. The Bertz CT molecular complexity index is 716. The van der Waals surface area contributed by atoms with Gasteiger partial charge in [0.15, 0.2) is 0 Å². The molecule has 1 fully saturated rings. The average Bonchev–Trinajstić information content (AvgIpc) is 2.57. The number of nitrogens with zero attached hydrogens (tertiary/aromatic N) is 1. The Kier molecular flexibility index (Phi) is 5.10. The van der Waals surface area contributed by atoms with Crippen molar-refractivity contribution in [3.63, 3.8) is 0 Å². The van der Waals surface area contributed by atoms with E-state index in [9.17, 15) is 8.42 Å². The molecule has 2 aromatic carbocycles. The summed E-state index contributed by atoms with van der Waals surface area (Å²) in [6.45, 7) is 1.30. The number of hydrogen-bond donors (Lipinski definition) is 0. The van der Waals surface area contributed by atoms with Crippen LogP contribution in [0.3, 0.4) is 0 Å². The highest BCUT2D eigenvalue weighted by Crippen LogP contribution is 2.17. The number of ether oxygens (including phenoxy) is 1. The lowest BCUT2D eigenvalue weighted by Gasteiger charge is -2.32. The van der Waals surface area contributed by atoms with E-state index in [4.69, 9.17) is 4.74 Å². The van der Waals surface area contributed by atoms with Gasteiger partial charge in [-0.2, -0.15) is 4.31 Å². The SMILES string of the molecule is O=S(=O)(Cc1ccccc1)N1CCOC(Cc2ccccc2)C1.